The molecule has 11 heteroatoms. The Morgan fingerprint density at radius 1 is 1.06 bits per heavy atom. The van der Waals surface area contributed by atoms with E-state index in [0.29, 0.717) is 37.9 Å². The third-order valence-electron chi connectivity index (χ3n) is 4.99. The van der Waals surface area contributed by atoms with Crippen molar-refractivity contribution in [2.24, 2.45) is 0 Å². The van der Waals surface area contributed by atoms with Gasteiger partial charge in [-0.15, -0.1) is 10.2 Å². The topological polar surface area (TPSA) is 102 Å². The highest BCUT2D eigenvalue weighted by Crippen LogP contribution is 2.19. The lowest BCUT2D eigenvalue weighted by Crippen LogP contribution is -2.51. The van der Waals surface area contributed by atoms with E-state index in [1.807, 2.05) is 34.9 Å². The fourth-order valence-electron chi connectivity index (χ4n) is 3.34. The Bertz CT molecular complexity index is 1090. The molecule has 9 nitrogen and oxygen atoms in total. The summed E-state index contributed by atoms with van der Waals surface area (Å²) in [6.07, 6.45) is 3.21. The van der Waals surface area contributed by atoms with Crippen LogP contribution in [0.1, 0.15) is 11.3 Å². The van der Waals surface area contributed by atoms with Crippen molar-refractivity contribution in [3.8, 4) is 0 Å². The standard InChI is InChI=1S/C20H23N5O4S2/c26-19(14-30-20-22-21-16-24(20)13-18-7-4-12-29-18)23-8-10-25(11-9-23)31(27,28)15-17-5-2-1-3-6-17/h1-7,12,16H,8-11,13-15H2. The molecule has 1 aliphatic heterocycles. The monoisotopic (exact) mass is 461 g/mol. The van der Waals surface area contributed by atoms with Gasteiger partial charge in [0.2, 0.25) is 15.9 Å². The van der Waals surface area contributed by atoms with Gasteiger partial charge in [0.25, 0.3) is 0 Å². The van der Waals surface area contributed by atoms with Gasteiger partial charge >= 0.3 is 0 Å². The molecule has 0 N–H and O–H groups in total. The lowest BCUT2D eigenvalue weighted by atomic mass is 10.2. The molecule has 0 atom stereocenters. The van der Waals surface area contributed by atoms with Crippen molar-refractivity contribution in [2.75, 3.05) is 31.9 Å². The van der Waals surface area contributed by atoms with E-state index in [2.05, 4.69) is 10.2 Å². The number of sulfonamides is 1. The quantitative estimate of drug-likeness (QED) is 0.471. The third kappa shape index (κ3) is 5.54. The van der Waals surface area contributed by atoms with Crippen LogP contribution in [-0.4, -0.2) is 70.2 Å². The smallest absolute Gasteiger partial charge is 0.233 e. The minimum absolute atomic E-state index is 0.0248. The van der Waals surface area contributed by atoms with Crippen LogP contribution in [0.4, 0.5) is 0 Å². The Balaban J connectivity index is 1.27. The molecule has 0 aliphatic carbocycles. The SMILES string of the molecule is O=C(CSc1nncn1Cc1ccco1)N1CCN(S(=O)(=O)Cc2ccccc2)CC1. The number of piperazine rings is 1. The highest BCUT2D eigenvalue weighted by molar-refractivity contribution is 7.99. The van der Waals surface area contributed by atoms with Gasteiger partial charge in [0.05, 0.1) is 24.3 Å². The molecule has 31 heavy (non-hydrogen) atoms. The van der Waals surface area contributed by atoms with Crippen molar-refractivity contribution in [1.82, 2.24) is 24.0 Å². The summed E-state index contributed by atoms with van der Waals surface area (Å²) in [5.41, 5.74) is 0.760. The van der Waals surface area contributed by atoms with Crippen LogP contribution in [0.3, 0.4) is 0 Å². The molecule has 164 valence electrons. The van der Waals surface area contributed by atoms with E-state index in [0.717, 1.165) is 11.3 Å². The van der Waals surface area contributed by atoms with Gasteiger partial charge in [0, 0.05) is 26.2 Å². The molecule has 1 saturated heterocycles. The Hall–Kier alpha value is -2.63. The Morgan fingerprint density at radius 3 is 2.55 bits per heavy atom. The number of amides is 1. The van der Waals surface area contributed by atoms with Crippen molar-refractivity contribution in [3.63, 3.8) is 0 Å². The van der Waals surface area contributed by atoms with E-state index in [1.54, 1.807) is 29.6 Å². The highest BCUT2D eigenvalue weighted by atomic mass is 32.2. The molecule has 1 amide bonds. The Kier molecular flexibility index (Phi) is 6.73. The van der Waals surface area contributed by atoms with Crippen LogP contribution < -0.4 is 0 Å². The summed E-state index contributed by atoms with van der Waals surface area (Å²) in [5.74, 6) is 0.926. The van der Waals surface area contributed by atoms with E-state index in [1.165, 1.54) is 16.1 Å². The first-order chi connectivity index (χ1) is 15.0. The number of hydrogen-bond donors (Lipinski definition) is 0. The molecule has 0 spiro atoms. The molecular formula is C20H23N5O4S2. The van der Waals surface area contributed by atoms with E-state index in [9.17, 15) is 13.2 Å². The maximum atomic E-state index is 12.7. The van der Waals surface area contributed by atoms with Crippen molar-refractivity contribution in [1.29, 1.82) is 0 Å². The summed E-state index contributed by atoms with van der Waals surface area (Å²) < 4.78 is 34.0. The average Bonchev–Trinajstić information content (AvgIpc) is 3.45. The zero-order valence-electron chi connectivity index (χ0n) is 16.8. The van der Waals surface area contributed by atoms with E-state index in [-0.39, 0.29) is 17.4 Å². The second kappa shape index (κ2) is 9.67. The summed E-state index contributed by atoms with van der Waals surface area (Å²) in [5, 5.41) is 8.62. The predicted molar refractivity (Wildman–Crippen MR) is 116 cm³/mol. The molecule has 1 fully saturated rings. The van der Waals surface area contributed by atoms with Gasteiger partial charge in [-0.2, -0.15) is 4.31 Å². The first kappa shape index (κ1) is 21.6. The number of thioether (sulfide) groups is 1. The van der Waals surface area contributed by atoms with Gasteiger partial charge in [0.1, 0.15) is 12.1 Å². The van der Waals surface area contributed by atoms with E-state index >= 15 is 0 Å². The molecular weight excluding hydrogens is 438 g/mol. The highest BCUT2D eigenvalue weighted by Gasteiger charge is 2.29. The summed E-state index contributed by atoms with van der Waals surface area (Å²) in [7, 11) is -3.40. The predicted octanol–water partition coefficient (Wildman–Crippen LogP) is 1.69. The van der Waals surface area contributed by atoms with Crippen molar-refractivity contribution in [2.45, 2.75) is 17.5 Å². The van der Waals surface area contributed by atoms with Gasteiger partial charge in [-0.1, -0.05) is 42.1 Å². The minimum Gasteiger partial charge on any atom is -0.467 e. The Morgan fingerprint density at radius 2 is 1.84 bits per heavy atom. The molecule has 1 aliphatic rings. The zero-order chi connectivity index (χ0) is 21.7. The van der Waals surface area contributed by atoms with Crippen LogP contribution in [-0.2, 0) is 27.1 Å². The van der Waals surface area contributed by atoms with Crippen molar-refractivity contribution in [3.05, 3.63) is 66.4 Å². The molecule has 4 rings (SSSR count). The molecule has 0 bridgehead atoms. The van der Waals surface area contributed by atoms with Crippen LogP contribution in [0.15, 0.2) is 64.6 Å². The molecule has 0 saturated carbocycles. The molecule has 2 aromatic heterocycles. The molecule has 0 radical (unpaired) electrons. The lowest BCUT2D eigenvalue weighted by Gasteiger charge is -2.34. The van der Waals surface area contributed by atoms with Gasteiger partial charge in [0.15, 0.2) is 5.16 Å². The normalized spacial score (nSPS) is 15.3. The fourth-order valence-corrected chi connectivity index (χ4v) is 5.68. The number of furan rings is 1. The Labute approximate surface area is 185 Å². The first-order valence-corrected chi connectivity index (χ1v) is 12.4. The zero-order valence-corrected chi connectivity index (χ0v) is 18.5. The largest absolute Gasteiger partial charge is 0.467 e. The van der Waals surface area contributed by atoms with E-state index < -0.39 is 10.0 Å². The number of aromatic nitrogens is 3. The molecule has 3 aromatic rings. The number of carbonyl (C=O) groups excluding carboxylic acids is 1. The number of nitrogens with zero attached hydrogens (tertiary/aromatic N) is 5. The van der Waals surface area contributed by atoms with Gasteiger partial charge < -0.3 is 13.9 Å². The summed E-state index contributed by atoms with van der Waals surface area (Å²) >= 11 is 1.31. The summed E-state index contributed by atoms with van der Waals surface area (Å²) in [4.78, 5) is 14.3. The average molecular weight is 462 g/mol. The lowest BCUT2D eigenvalue weighted by molar-refractivity contribution is -0.129. The summed E-state index contributed by atoms with van der Waals surface area (Å²) in [6.45, 7) is 1.87. The number of hydrogen-bond acceptors (Lipinski definition) is 7. The van der Waals surface area contributed by atoms with Crippen LogP contribution in [0.5, 0.6) is 0 Å². The maximum Gasteiger partial charge on any atom is 0.233 e. The van der Waals surface area contributed by atoms with E-state index in [4.69, 9.17) is 4.42 Å². The molecule has 1 aromatic carbocycles. The van der Waals surface area contributed by atoms with Gasteiger partial charge in [-0.3, -0.25) is 4.79 Å². The second-order valence-corrected chi connectivity index (χ2v) is 10.0. The van der Waals surface area contributed by atoms with Crippen molar-refractivity contribution >= 4 is 27.7 Å². The number of carbonyl (C=O) groups is 1. The fraction of sp³-hybridized carbons (Fsp3) is 0.350. The molecule has 0 unspecified atom stereocenters. The van der Waals surface area contributed by atoms with Gasteiger partial charge in [-0.25, -0.2) is 8.42 Å². The van der Waals surface area contributed by atoms with Crippen LogP contribution >= 0.6 is 11.8 Å². The first-order valence-electron chi connectivity index (χ1n) is 9.84. The maximum absolute atomic E-state index is 12.7. The van der Waals surface area contributed by atoms with Gasteiger partial charge in [-0.05, 0) is 17.7 Å². The van der Waals surface area contributed by atoms with Crippen LogP contribution in [0.2, 0.25) is 0 Å². The minimum atomic E-state index is -3.40. The van der Waals surface area contributed by atoms with Crippen LogP contribution in [0.25, 0.3) is 0 Å². The molecule has 3 heterocycles. The number of rotatable bonds is 8. The van der Waals surface area contributed by atoms with Crippen molar-refractivity contribution < 1.29 is 17.6 Å². The second-order valence-electron chi connectivity index (χ2n) is 7.13. The van der Waals surface area contributed by atoms with Crippen LogP contribution in [0, 0.1) is 0 Å². The third-order valence-corrected chi connectivity index (χ3v) is 7.80. The summed E-state index contributed by atoms with van der Waals surface area (Å²) in [6, 6.07) is 12.8. The number of benzene rings is 1.